The number of nitrogens with one attached hydrogen (secondary N) is 1. The number of aromatic carboxylic acids is 1. The summed E-state index contributed by atoms with van der Waals surface area (Å²) in [6.45, 7) is -0.0595. The van der Waals surface area contributed by atoms with Crippen LogP contribution in [0.3, 0.4) is 0 Å². The molecular formula is C32H36N2O8S. The van der Waals surface area contributed by atoms with Crippen molar-refractivity contribution in [2.24, 2.45) is 0 Å². The van der Waals surface area contributed by atoms with Crippen LogP contribution < -0.4 is 5.32 Å². The Bertz CT molecular complexity index is 1380. The van der Waals surface area contributed by atoms with Crippen LogP contribution in [0.2, 0.25) is 0 Å². The number of aromatic nitrogens is 1. The highest BCUT2D eigenvalue weighted by Crippen LogP contribution is 2.40. The van der Waals surface area contributed by atoms with Crippen molar-refractivity contribution in [1.82, 2.24) is 4.98 Å². The molecule has 0 aliphatic carbocycles. The molecule has 4 rings (SSSR count). The molecule has 228 valence electrons. The maximum Gasteiger partial charge on any atom is 0.338 e. The van der Waals surface area contributed by atoms with Crippen LogP contribution in [0.4, 0.5) is 5.69 Å². The number of carbonyl (C=O) groups excluding carboxylic acids is 1. The van der Waals surface area contributed by atoms with Gasteiger partial charge in [-0.25, -0.2) is 9.78 Å². The normalized spacial score (nSPS) is 18.2. The van der Waals surface area contributed by atoms with Crippen LogP contribution in [0.15, 0.2) is 71.9 Å². The van der Waals surface area contributed by atoms with Gasteiger partial charge in [0.1, 0.15) is 5.03 Å². The first-order valence-electron chi connectivity index (χ1n) is 14.3. The van der Waals surface area contributed by atoms with Crippen molar-refractivity contribution in [2.75, 3.05) is 11.1 Å². The predicted molar refractivity (Wildman–Crippen MR) is 161 cm³/mol. The van der Waals surface area contributed by atoms with Gasteiger partial charge in [0.2, 0.25) is 5.91 Å². The SMILES string of the molecule is O=C(O)CCCCCCC(=O)Nc1cccc(C2OC(CSc3ncccc3C(=O)O)CC(c3ccc(CO)cc3)O2)c1. The number of unbranched alkanes of at least 4 members (excludes halogenated alkanes) is 3. The zero-order valence-electron chi connectivity index (χ0n) is 23.7. The molecule has 1 aliphatic rings. The van der Waals surface area contributed by atoms with Crippen LogP contribution in [-0.2, 0) is 25.7 Å². The minimum absolute atomic E-state index is 0.0595. The van der Waals surface area contributed by atoms with E-state index in [0.29, 0.717) is 42.1 Å². The number of aliphatic carboxylic acids is 1. The average molecular weight is 609 g/mol. The van der Waals surface area contributed by atoms with Gasteiger partial charge in [-0.05, 0) is 48.2 Å². The number of anilines is 1. The molecule has 2 heterocycles. The van der Waals surface area contributed by atoms with Crippen molar-refractivity contribution in [3.8, 4) is 0 Å². The molecule has 0 spiro atoms. The number of aliphatic hydroxyl groups excluding tert-OH is 1. The number of aliphatic hydroxyl groups is 1. The van der Waals surface area contributed by atoms with Crippen LogP contribution in [0.5, 0.6) is 0 Å². The van der Waals surface area contributed by atoms with Crippen LogP contribution >= 0.6 is 11.8 Å². The quantitative estimate of drug-likeness (QED) is 0.120. The number of pyridine rings is 1. The minimum Gasteiger partial charge on any atom is -0.481 e. The summed E-state index contributed by atoms with van der Waals surface area (Å²) >= 11 is 1.32. The molecule has 3 atom stereocenters. The van der Waals surface area contributed by atoms with Crippen LogP contribution in [0.25, 0.3) is 0 Å². The third-order valence-electron chi connectivity index (χ3n) is 7.01. The number of rotatable bonds is 15. The second-order valence-corrected chi connectivity index (χ2v) is 11.3. The summed E-state index contributed by atoms with van der Waals surface area (Å²) in [5.74, 6) is -1.52. The highest BCUT2D eigenvalue weighted by atomic mass is 32.2. The summed E-state index contributed by atoms with van der Waals surface area (Å²) < 4.78 is 12.8. The molecule has 3 aromatic rings. The Morgan fingerprint density at radius 1 is 0.907 bits per heavy atom. The molecule has 4 N–H and O–H groups in total. The lowest BCUT2D eigenvalue weighted by atomic mass is 10.0. The van der Waals surface area contributed by atoms with Gasteiger partial charge in [-0.1, -0.05) is 49.2 Å². The molecule has 10 nitrogen and oxygen atoms in total. The summed E-state index contributed by atoms with van der Waals surface area (Å²) in [5.41, 5.74) is 3.19. The number of carboxylic acid groups (broad SMARTS) is 2. The monoisotopic (exact) mass is 608 g/mol. The second kappa shape index (κ2) is 16.2. The molecule has 0 bridgehead atoms. The number of nitrogens with zero attached hydrogens (tertiary/aromatic N) is 1. The van der Waals surface area contributed by atoms with Crippen molar-refractivity contribution in [3.05, 3.63) is 89.1 Å². The van der Waals surface area contributed by atoms with E-state index in [1.165, 1.54) is 17.8 Å². The van der Waals surface area contributed by atoms with Crippen molar-refractivity contribution in [1.29, 1.82) is 0 Å². The van der Waals surface area contributed by atoms with Crippen LogP contribution in [-0.4, -0.2) is 50.0 Å². The second-order valence-electron chi connectivity index (χ2n) is 10.3. The van der Waals surface area contributed by atoms with E-state index in [0.717, 1.165) is 29.5 Å². The molecule has 11 heteroatoms. The number of hydrogen-bond acceptors (Lipinski definition) is 8. The van der Waals surface area contributed by atoms with Gasteiger partial charge in [-0.3, -0.25) is 9.59 Å². The van der Waals surface area contributed by atoms with Gasteiger partial charge in [0, 0.05) is 42.5 Å². The van der Waals surface area contributed by atoms with Gasteiger partial charge in [-0.2, -0.15) is 0 Å². The number of benzene rings is 2. The minimum atomic E-state index is -1.04. The number of amides is 1. The standard InChI is InChI=1S/C32H36N2O8S/c35-19-21-12-14-22(15-13-21)27-18-25(20-43-30-26(31(39)40)9-6-16-33-30)41-32(42-27)23-7-5-8-24(17-23)34-28(36)10-3-1-2-4-11-29(37)38/h5-9,12-17,25,27,32,35H,1-4,10-11,18-20H2,(H,34,36)(H,37,38)(H,39,40). The van der Waals surface area contributed by atoms with E-state index in [1.807, 2.05) is 42.5 Å². The number of ether oxygens (including phenoxy) is 2. The Morgan fingerprint density at radius 3 is 2.40 bits per heavy atom. The number of carbonyl (C=O) groups is 3. The lowest BCUT2D eigenvalue weighted by Gasteiger charge is -2.36. The van der Waals surface area contributed by atoms with E-state index >= 15 is 0 Å². The fraction of sp³-hybridized carbons (Fsp3) is 0.375. The van der Waals surface area contributed by atoms with Gasteiger partial charge in [0.05, 0.1) is 24.4 Å². The molecule has 1 aliphatic heterocycles. The van der Waals surface area contributed by atoms with E-state index in [4.69, 9.17) is 14.6 Å². The van der Waals surface area contributed by atoms with Gasteiger partial charge < -0.3 is 30.1 Å². The summed E-state index contributed by atoms with van der Waals surface area (Å²) in [5, 5.41) is 31.1. The third-order valence-corrected chi connectivity index (χ3v) is 8.15. The molecule has 3 unspecified atom stereocenters. The first kappa shape index (κ1) is 32.2. The van der Waals surface area contributed by atoms with Crippen LogP contribution in [0, 0.1) is 0 Å². The summed E-state index contributed by atoms with van der Waals surface area (Å²) in [6, 6.07) is 18.0. The molecule has 1 saturated heterocycles. The molecular weight excluding hydrogens is 572 g/mol. The van der Waals surface area contributed by atoms with E-state index < -0.39 is 18.2 Å². The zero-order chi connectivity index (χ0) is 30.6. The first-order chi connectivity index (χ1) is 20.8. The summed E-state index contributed by atoms with van der Waals surface area (Å²) in [7, 11) is 0. The van der Waals surface area contributed by atoms with Crippen molar-refractivity contribution < 1.29 is 39.2 Å². The van der Waals surface area contributed by atoms with Gasteiger partial charge in [-0.15, -0.1) is 11.8 Å². The molecule has 0 radical (unpaired) electrons. The van der Waals surface area contributed by atoms with Crippen molar-refractivity contribution >= 4 is 35.3 Å². The van der Waals surface area contributed by atoms with E-state index in [1.54, 1.807) is 18.3 Å². The summed E-state index contributed by atoms with van der Waals surface area (Å²) in [4.78, 5) is 39.1. The van der Waals surface area contributed by atoms with Gasteiger partial charge >= 0.3 is 11.9 Å². The highest BCUT2D eigenvalue weighted by Gasteiger charge is 2.32. The van der Waals surface area contributed by atoms with Crippen molar-refractivity contribution in [3.63, 3.8) is 0 Å². The molecule has 43 heavy (non-hydrogen) atoms. The smallest absolute Gasteiger partial charge is 0.338 e. The van der Waals surface area contributed by atoms with Gasteiger partial charge in [0.15, 0.2) is 6.29 Å². The van der Waals surface area contributed by atoms with E-state index in [2.05, 4.69) is 10.3 Å². The highest BCUT2D eigenvalue weighted by molar-refractivity contribution is 7.99. The fourth-order valence-corrected chi connectivity index (χ4v) is 5.77. The lowest BCUT2D eigenvalue weighted by Crippen LogP contribution is -2.31. The maximum absolute atomic E-state index is 12.5. The number of hydrogen-bond donors (Lipinski definition) is 4. The van der Waals surface area contributed by atoms with E-state index in [9.17, 15) is 24.6 Å². The fourth-order valence-electron chi connectivity index (χ4n) is 4.77. The average Bonchev–Trinajstić information content (AvgIpc) is 3.01. The molecule has 1 aromatic heterocycles. The van der Waals surface area contributed by atoms with Crippen molar-refractivity contribution in [2.45, 2.75) is 75.1 Å². The maximum atomic E-state index is 12.5. The number of thioether (sulfide) groups is 1. The lowest BCUT2D eigenvalue weighted by molar-refractivity contribution is -0.245. The topological polar surface area (TPSA) is 155 Å². The Hall–Kier alpha value is -3.77. The molecule has 2 aromatic carbocycles. The zero-order valence-corrected chi connectivity index (χ0v) is 24.5. The molecule has 1 amide bonds. The Morgan fingerprint density at radius 2 is 1.67 bits per heavy atom. The largest absolute Gasteiger partial charge is 0.481 e. The molecule has 1 fully saturated rings. The van der Waals surface area contributed by atoms with Gasteiger partial charge in [0.25, 0.3) is 0 Å². The Labute approximate surface area is 254 Å². The third kappa shape index (κ3) is 9.89. The molecule has 0 saturated carbocycles. The predicted octanol–water partition coefficient (Wildman–Crippen LogP) is 5.97. The Balaban J connectivity index is 1.43. The van der Waals surface area contributed by atoms with E-state index in [-0.39, 0.29) is 36.7 Å². The van der Waals surface area contributed by atoms with Crippen LogP contribution in [0.1, 0.15) is 84.4 Å². The first-order valence-corrected chi connectivity index (χ1v) is 15.2. The Kier molecular flexibility index (Phi) is 12.1. The number of carboxylic acids is 2. The summed E-state index contributed by atoms with van der Waals surface area (Å²) in [6.07, 6.45) is 4.06.